The molecular weight excluding hydrogens is 232 g/mol. The van der Waals surface area contributed by atoms with Gasteiger partial charge in [-0.1, -0.05) is 19.8 Å². The molecule has 0 saturated carbocycles. The van der Waals surface area contributed by atoms with Crippen LogP contribution in [0.4, 0.5) is 0 Å². The third kappa shape index (κ3) is 4.50. The highest BCUT2D eigenvalue weighted by Gasteiger charge is 2.37. The quantitative estimate of drug-likeness (QED) is 0.365. The van der Waals surface area contributed by atoms with E-state index in [1.807, 2.05) is 0 Å². The number of thiol groups is 5. The van der Waals surface area contributed by atoms with Gasteiger partial charge in [-0.3, -0.25) is 0 Å². The van der Waals surface area contributed by atoms with Gasteiger partial charge in [-0.05, 0) is 6.42 Å². The molecule has 0 aromatic carbocycles. The van der Waals surface area contributed by atoms with Crippen LogP contribution in [-0.2, 0) is 0 Å². The maximum atomic E-state index is 4.34. The zero-order valence-electron chi connectivity index (χ0n) is 6.36. The van der Waals surface area contributed by atoms with Crippen LogP contribution in [0.3, 0.4) is 0 Å². The van der Waals surface area contributed by atoms with Crippen LogP contribution in [0.1, 0.15) is 26.2 Å². The van der Waals surface area contributed by atoms with Crippen LogP contribution in [0.25, 0.3) is 0 Å². The van der Waals surface area contributed by atoms with Gasteiger partial charge < -0.3 is 0 Å². The van der Waals surface area contributed by atoms with Crippen molar-refractivity contribution in [2.24, 2.45) is 0 Å². The van der Waals surface area contributed by atoms with E-state index in [1.165, 1.54) is 0 Å². The monoisotopic (exact) mass is 246 g/mol. The van der Waals surface area contributed by atoms with E-state index in [0.717, 1.165) is 19.3 Å². The van der Waals surface area contributed by atoms with Gasteiger partial charge in [0.25, 0.3) is 0 Å². The van der Waals surface area contributed by atoms with Gasteiger partial charge in [-0.2, -0.15) is 25.3 Å². The first-order chi connectivity index (χ1) is 4.81. The Labute approximate surface area is 96.3 Å². The summed E-state index contributed by atoms with van der Waals surface area (Å²) in [6.07, 6.45) is 3.04. The first-order valence-electron chi connectivity index (χ1n) is 3.43. The number of rotatable bonds is 4. The van der Waals surface area contributed by atoms with E-state index in [0.29, 0.717) is 0 Å². The highest BCUT2D eigenvalue weighted by atomic mass is 32.2. The van der Waals surface area contributed by atoms with Gasteiger partial charge >= 0.3 is 0 Å². The summed E-state index contributed by atoms with van der Waals surface area (Å²) in [4.78, 5) is 0. The van der Waals surface area contributed by atoms with Gasteiger partial charge in [-0.15, -0.1) is 37.9 Å². The smallest absolute Gasteiger partial charge is 0.122 e. The summed E-state index contributed by atoms with van der Waals surface area (Å²) in [6.45, 7) is 2.12. The third-order valence-corrected chi connectivity index (χ3v) is 4.74. The summed E-state index contributed by atoms with van der Waals surface area (Å²) >= 11 is 21.2. The molecule has 0 fully saturated rings. The third-order valence-electron chi connectivity index (χ3n) is 1.42. The Bertz CT molecular complexity index is 115. The minimum atomic E-state index is -0.742. The van der Waals surface area contributed by atoms with Gasteiger partial charge in [0.05, 0.1) is 4.08 Å². The normalized spacial score (nSPS) is 13.6. The maximum Gasteiger partial charge on any atom is 0.122 e. The van der Waals surface area contributed by atoms with Crippen LogP contribution < -0.4 is 0 Å². The molecule has 0 rings (SSSR count). The lowest BCUT2D eigenvalue weighted by molar-refractivity contribution is 0.677. The van der Waals surface area contributed by atoms with Crippen LogP contribution in [0.15, 0.2) is 0 Å². The van der Waals surface area contributed by atoms with Crippen molar-refractivity contribution in [2.75, 3.05) is 0 Å². The molecule has 0 radical (unpaired) electrons. The largest absolute Gasteiger partial charge is 0.159 e. The van der Waals surface area contributed by atoms with Crippen molar-refractivity contribution >= 4 is 63.1 Å². The molecule has 0 atom stereocenters. The zero-order chi connectivity index (χ0) is 9.12. The van der Waals surface area contributed by atoms with Gasteiger partial charge in [0, 0.05) is 0 Å². The standard InChI is InChI=1S/C6H14S5/c1-2-3-4-5(7,8)6(9,10)11/h7-11H,2-4H2,1H3. The summed E-state index contributed by atoms with van der Waals surface area (Å²) in [5, 5.41) is 0. The van der Waals surface area contributed by atoms with E-state index in [1.54, 1.807) is 0 Å². The van der Waals surface area contributed by atoms with E-state index in [4.69, 9.17) is 0 Å². The molecular formula is C6H14S5. The Hall–Kier alpha value is 1.75. The molecule has 0 aromatic rings. The van der Waals surface area contributed by atoms with Gasteiger partial charge in [0.15, 0.2) is 0 Å². The lowest BCUT2D eigenvalue weighted by Crippen LogP contribution is -2.31. The molecule has 0 unspecified atom stereocenters. The molecule has 0 aliphatic heterocycles. The molecule has 0 aromatic heterocycles. The summed E-state index contributed by atoms with van der Waals surface area (Å²) in [5.74, 6) is 0. The molecule has 68 valence electrons. The van der Waals surface area contributed by atoms with Crippen LogP contribution in [0.5, 0.6) is 0 Å². The van der Waals surface area contributed by atoms with E-state index >= 15 is 0 Å². The minimum absolute atomic E-state index is 0.529. The fourth-order valence-corrected chi connectivity index (χ4v) is 1.24. The second-order valence-corrected chi connectivity index (χ2v) is 7.51. The number of hydrogen-bond acceptors (Lipinski definition) is 5. The molecule has 11 heavy (non-hydrogen) atoms. The molecule has 0 saturated heterocycles. The lowest BCUT2D eigenvalue weighted by Gasteiger charge is -2.33. The van der Waals surface area contributed by atoms with Gasteiger partial charge in [0.1, 0.15) is 3.41 Å². The molecule has 0 bridgehead atoms. The molecule has 0 nitrogen and oxygen atoms in total. The van der Waals surface area contributed by atoms with E-state index in [9.17, 15) is 0 Å². The molecule has 0 aliphatic carbocycles. The summed E-state index contributed by atoms with van der Waals surface area (Å²) in [7, 11) is 0. The van der Waals surface area contributed by atoms with Crippen LogP contribution in [0.2, 0.25) is 0 Å². The Morgan fingerprint density at radius 3 is 1.73 bits per heavy atom. The average molecular weight is 247 g/mol. The Kier molecular flexibility index (Phi) is 5.61. The fraction of sp³-hybridized carbons (Fsp3) is 1.00. The fourth-order valence-electron chi connectivity index (χ4n) is 0.591. The van der Waals surface area contributed by atoms with Crippen molar-refractivity contribution in [3.8, 4) is 0 Å². The van der Waals surface area contributed by atoms with Crippen molar-refractivity contribution in [3.05, 3.63) is 0 Å². The average Bonchev–Trinajstić information content (AvgIpc) is 1.81. The van der Waals surface area contributed by atoms with Crippen LogP contribution >= 0.6 is 63.1 Å². The molecule has 0 spiro atoms. The summed E-state index contributed by atoms with van der Waals surface area (Å²) < 4.78 is -1.27. The Balaban J connectivity index is 4.00. The van der Waals surface area contributed by atoms with Gasteiger partial charge in [-0.25, -0.2) is 0 Å². The molecule has 0 amide bonds. The SMILES string of the molecule is CCCCC(S)(S)C(S)(S)S. The highest BCUT2D eigenvalue weighted by molar-refractivity contribution is 8.20. The van der Waals surface area contributed by atoms with Crippen molar-refractivity contribution in [1.82, 2.24) is 0 Å². The minimum Gasteiger partial charge on any atom is -0.159 e. The first-order valence-corrected chi connectivity index (χ1v) is 5.66. The van der Waals surface area contributed by atoms with Crippen molar-refractivity contribution < 1.29 is 0 Å². The molecule has 5 heteroatoms. The van der Waals surface area contributed by atoms with Crippen molar-refractivity contribution in [2.45, 2.75) is 33.7 Å². The second kappa shape index (κ2) is 4.84. The highest BCUT2D eigenvalue weighted by Crippen LogP contribution is 2.47. The number of hydrogen-bond donors (Lipinski definition) is 5. The Morgan fingerprint density at radius 2 is 1.45 bits per heavy atom. The van der Waals surface area contributed by atoms with Gasteiger partial charge in [0.2, 0.25) is 0 Å². The predicted molar refractivity (Wildman–Crippen MR) is 69.9 cm³/mol. The topological polar surface area (TPSA) is 0 Å². The predicted octanol–water partition coefficient (Wildman–Crippen LogP) is 3.18. The molecule has 0 heterocycles. The number of unbranched alkanes of at least 4 members (excludes halogenated alkanes) is 1. The van der Waals surface area contributed by atoms with Crippen LogP contribution in [-0.4, -0.2) is 7.49 Å². The maximum absolute atomic E-state index is 4.34. The summed E-state index contributed by atoms with van der Waals surface area (Å²) in [6, 6.07) is 0. The Morgan fingerprint density at radius 1 is 1.00 bits per heavy atom. The molecule has 0 N–H and O–H groups in total. The zero-order valence-corrected chi connectivity index (χ0v) is 10.8. The molecule has 0 aliphatic rings. The van der Waals surface area contributed by atoms with E-state index in [-0.39, 0.29) is 0 Å². The van der Waals surface area contributed by atoms with Crippen LogP contribution in [0, 0.1) is 0 Å². The second-order valence-electron chi connectivity index (χ2n) is 2.56. The lowest BCUT2D eigenvalue weighted by atomic mass is 10.2. The van der Waals surface area contributed by atoms with E-state index < -0.39 is 7.49 Å². The van der Waals surface area contributed by atoms with E-state index in [2.05, 4.69) is 70.1 Å². The first kappa shape index (κ1) is 12.8. The van der Waals surface area contributed by atoms with Crippen molar-refractivity contribution in [1.29, 1.82) is 0 Å². The summed E-state index contributed by atoms with van der Waals surface area (Å²) in [5.41, 5.74) is 0. The van der Waals surface area contributed by atoms with Crippen molar-refractivity contribution in [3.63, 3.8) is 0 Å².